The number of aromatic nitrogens is 2. The Kier molecular flexibility index (Phi) is 1.73. The highest BCUT2D eigenvalue weighted by atomic mass is 16.1. The number of hydrogen-bond acceptors (Lipinski definition) is 2. The van der Waals surface area contributed by atoms with Gasteiger partial charge < -0.3 is 10.3 Å². The molecule has 0 bridgehead atoms. The monoisotopic (exact) mass is 175 g/mol. The van der Waals surface area contributed by atoms with E-state index in [1.165, 1.54) is 0 Å². The number of H-pyrrole nitrogens is 1. The number of pyridine rings is 1. The number of carbonyl (C=O) groups excluding carboxylic acids is 1. The first-order valence-corrected chi connectivity index (χ1v) is 3.97. The predicted molar refractivity (Wildman–Crippen MR) is 49.5 cm³/mol. The Balaban J connectivity index is 2.56. The summed E-state index contributed by atoms with van der Waals surface area (Å²) in [7, 11) is 1.60. The fraction of sp³-hybridized carbons (Fsp3) is 0.111. The molecule has 1 amide bonds. The van der Waals surface area contributed by atoms with Crippen LogP contribution in [0, 0.1) is 0 Å². The van der Waals surface area contributed by atoms with Crippen LogP contribution < -0.4 is 5.32 Å². The van der Waals surface area contributed by atoms with Crippen LogP contribution in [-0.4, -0.2) is 22.9 Å². The van der Waals surface area contributed by atoms with Crippen molar-refractivity contribution in [1.82, 2.24) is 15.3 Å². The smallest absolute Gasteiger partial charge is 0.267 e. The summed E-state index contributed by atoms with van der Waals surface area (Å²) in [4.78, 5) is 18.2. The molecular formula is C9H9N3O. The fourth-order valence-electron chi connectivity index (χ4n) is 1.21. The van der Waals surface area contributed by atoms with Crippen molar-refractivity contribution in [3.63, 3.8) is 0 Å². The molecule has 4 heteroatoms. The third-order valence-electron chi connectivity index (χ3n) is 1.86. The number of hydrogen-bond donors (Lipinski definition) is 2. The van der Waals surface area contributed by atoms with Gasteiger partial charge in [-0.25, -0.2) is 4.98 Å². The maximum absolute atomic E-state index is 11.2. The van der Waals surface area contributed by atoms with Crippen LogP contribution in [0.2, 0.25) is 0 Å². The standard InChI is InChI=1S/C9H9N3O/c1-10-9(13)7-5-6-3-2-4-11-8(6)12-7/h2-5H,1H3,(H,10,13)(H,11,12). The van der Waals surface area contributed by atoms with E-state index in [1.54, 1.807) is 19.3 Å². The van der Waals surface area contributed by atoms with Crippen LogP contribution in [0.15, 0.2) is 24.4 Å². The van der Waals surface area contributed by atoms with E-state index in [2.05, 4.69) is 15.3 Å². The summed E-state index contributed by atoms with van der Waals surface area (Å²) < 4.78 is 0. The lowest BCUT2D eigenvalue weighted by molar-refractivity contribution is 0.0959. The van der Waals surface area contributed by atoms with E-state index in [-0.39, 0.29) is 5.91 Å². The summed E-state index contributed by atoms with van der Waals surface area (Å²) in [6.45, 7) is 0. The Morgan fingerprint density at radius 1 is 1.62 bits per heavy atom. The van der Waals surface area contributed by atoms with Crippen LogP contribution in [-0.2, 0) is 0 Å². The molecule has 2 aromatic rings. The number of carbonyl (C=O) groups is 1. The van der Waals surface area contributed by atoms with Gasteiger partial charge in [0.1, 0.15) is 11.3 Å². The second kappa shape index (κ2) is 2.90. The summed E-state index contributed by atoms with van der Waals surface area (Å²) >= 11 is 0. The maximum atomic E-state index is 11.2. The van der Waals surface area contributed by atoms with Crippen LogP contribution in [0.3, 0.4) is 0 Å². The Morgan fingerprint density at radius 2 is 2.46 bits per heavy atom. The molecule has 2 N–H and O–H groups in total. The van der Waals surface area contributed by atoms with Crippen LogP contribution in [0.5, 0.6) is 0 Å². The molecule has 0 atom stereocenters. The molecule has 0 aliphatic carbocycles. The Bertz CT molecular complexity index is 414. The fourth-order valence-corrected chi connectivity index (χ4v) is 1.21. The van der Waals surface area contributed by atoms with Crippen LogP contribution in [0.4, 0.5) is 0 Å². The van der Waals surface area contributed by atoms with E-state index < -0.39 is 0 Å². The molecule has 0 fully saturated rings. The highest BCUT2D eigenvalue weighted by molar-refractivity contribution is 5.96. The first kappa shape index (κ1) is 7.79. The minimum Gasteiger partial charge on any atom is -0.354 e. The first-order valence-electron chi connectivity index (χ1n) is 3.97. The minimum atomic E-state index is -0.127. The Morgan fingerprint density at radius 3 is 3.15 bits per heavy atom. The van der Waals surface area contributed by atoms with Gasteiger partial charge in [-0.15, -0.1) is 0 Å². The Labute approximate surface area is 75.0 Å². The number of aromatic amines is 1. The largest absolute Gasteiger partial charge is 0.354 e. The summed E-state index contributed by atoms with van der Waals surface area (Å²) in [5.74, 6) is -0.127. The molecule has 2 rings (SSSR count). The van der Waals surface area contributed by atoms with Crippen LogP contribution in [0.1, 0.15) is 10.5 Å². The molecule has 0 spiro atoms. The summed E-state index contributed by atoms with van der Waals surface area (Å²) in [5, 5.41) is 3.49. The zero-order chi connectivity index (χ0) is 9.26. The van der Waals surface area contributed by atoms with Crippen molar-refractivity contribution in [1.29, 1.82) is 0 Å². The van der Waals surface area contributed by atoms with Crippen LogP contribution in [0.25, 0.3) is 11.0 Å². The number of nitrogens with one attached hydrogen (secondary N) is 2. The first-order chi connectivity index (χ1) is 6.31. The van der Waals surface area contributed by atoms with Crippen molar-refractivity contribution >= 4 is 16.9 Å². The molecule has 66 valence electrons. The molecule has 0 aromatic carbocycles. The lowest BCUT2D eigenvalue weighted by Gasteiger charge is -1.92. The summed E-state index contributed by atoms with van der Waals surface area (Å²) in [6, 6.07) is 5.52. The number of rotatable bonds is 1. The second-order valence-electron chi connectivity index (χ2n) is 2.70. The normalized spacial score (nSPS) is 10.2. The molecular weight excluding hydrogens is 166 g/mol. The lowest BCUT2D eigenvalue weighted by Crippen LogP contribution is -2.17. The maximum Gasteiger partial charge on any atom is 0.267 e. The SMILES string of the molecule is CNC(=O)c1cc2cccnc2[nH]1. The highest BCUT2D eigenvalue weighted by Gasteiger charge is 2.06. The second-order valence-corrected chi connectivity index (χ2v) is 2.70. The molecule has 13 heavy (non-hydrogen) atoms. The van der Waals surface area contributed by atoms with Crippen molar-refractivity contribution in [2.45, 2.75) is 0 Å². The Hall–Kier alpha value is -1.84. The topological polar surface area (TPSA) is 57.8 Å². The van der Waals surface area contributed by atoms with E-state index in [9.17, 15) is 4.79 Å². The minimum absolute atomic E-state index is 0.127. The average molecular weight is 175 g/mol. The molecule has 0 radical (unpaired) electrons. The van der Waals surface area contributed by atoms with E-state index in [4.69, 9.17) is 0 Å². The van der Waals surface area contributed by atoms with Crippen molar-refractivity contribution < 1.29 is 4.79 Å². The van der Waals surface area contributed by atoms with Gasteiger partial charge in [-0.3, -0.25) is 4.79 Å². The quantitative estimate of drug-likeness (QED) is 0.677. The molecule has 0 saturated carbocycles. The molecule has 0 saturated heterocycles. The van der Waals surface area contributed by atoms with Gasteiger partial charge in [-0.05, 0) is 18.2 Å². The molecule has 0 unspecified atom stereocenters. The number of fused-ring (bicyclic) bond motifs is 1. The van der Waals surface area contributed by atoms with Gasteiger partial charge >= 0.3 is 0 Å². The molecule has 0 aliphatic heterocycles. The molecule has 2 aromatic heterocycles. The van der Waals surface area contributed by atoms with Gasteiger partial charge in [0.05, 0.1) is 0 Å². The zero-order valence-corrected chi connectivity index (χ0v) is 7.16. The van der Waals surface area contributed by atoms with Crippen molar-refractivity contribution in [3.8, 4) is 0 Å². The molecule has 4 nitrogen and oxygen atoms in total. The van der Waals surface area contributed by atoms with Gasteiger partial charge in [0.25, 0.3) is 5.91 Å². The average Bonchev–Trinajstić information content (AvgIpc) is 2.59. The van der Waals surface area contributed by atoms with E-state index in [1.807, 2.05) is 12.1 Å². The number of amides is 1. The van der Waals surface area contributed by atoms with Gasteiger partial charge in [0, 0.05) is 18.6 Å². The molecule has 0 aliphatic rings. The van der Waals surface area contributed by atoms with Gasteiger partial charge in [-0.1, -0.05) is 0 Å². The van der Waals surface area contributed by atoms with Crippen molar-refractivity contribution in [2.75, 3.05) is 7.05 Å². The summed E-state index contributed by atoms with van der Waals surface area (Å²) in [5.41, 5.74) is 1.28. The van der Waals surface area contributed by atoms with E-state index >= 15 is 0 Å². The molecule has 2 heterocycles. The third kappa shape index (κ3) is 1.26. The van der Waals surface area contributed by atoms with Gasteiger partial charge in [0.2, 0.25) is 0 Å². The van der Waals surface area contributed by atoms with E-state index in [0.717, 1.165) is 11.0 Å². The third-order valence-corrected chi connectivity index (χ3v) is 1.86. The number of nitrogens with zero attached hydrogens (tertiary/aromatic N) is 1. The van der Waals surface area contributed by atoms with Gasteiger partial charge in [0.15, 0.2) is 0 Å². The van der Waals surface area contributed by atoms with Crippen molar-refractivity contribution in [2.24, 2.45) is 0 Å². The summed E-state index contributed by atoms with van der Waals surface area (Å²) in [6.07, 6.45) is 1.69. The van der Waals surface area contributed by atoms with Crippen LogP contribution >= 0.6 is 0 Å². The van der Waals surface area contributed by atoms with Crippen molar-refractivity contribution in [3.05, 3.63) is 30.1 Å². The highest BCUT2D eigenvalue weighted by Crippen LogP contribution is 2.11. The van der Waals surface area contributed by atoms with Gasteiger partial charge in [-0.2, -0.15) is 0 Å². The predicted octanol–water partition coefficient (Wildman–Crippen LogP) is 0.922. The van der Waals surface area contributed by atoms with E-state index in [0.29, 0.717) is 5.69 Å². The lowest BCUT2D eigenvalue weighted by atomic mass is 10.3. The zero-order valence-electron chi connectivity index (χ0n) is 7.16.